The van der Waals surface area contributed by atoms with Crippen LogP contribution in [0.3, 0.4) is 0 Å². The van der Waals surface area contributed by atoms with Gasteiger partial charge in [-0.3, -0.25) is 0 Å². The van der Waals surface area contributed by atoms with Crippen molar-refractivity contribution in [2.45, 2.75) is 32.2 Å². The van der Waals surface area contributed by atoms with Crippen molar-refractivity contribution in [3.05, 3.63) is 35.4 Å². The van der Waals surface area contributed by atoms with Crippen LogP contribution in [0.2, 0.25) is 19.6 Å². The number of rotatable bonds is 4. The van der Waals surface area contributed by atoms with E-state index in [1.807, 2.05) is 0 Å². The second kappa shape index (κ2) is 4.72. The number of quaternary nitrogens is 1. The Labute approximate surface area is 102 Å². The van der Waals surface area contributed by atoms with E-state index < -0.39 is 8.07 Å². The third kappa shape index (κ3) is 4.95. The molecular formula is C14H26NSi+. The summed E-state index contributed by atoms with van der Waals surface area (Å²) in [5, 5.41) is 0. The topological polar surface area (TPSA) is 0 Å². The molecule has 1 rings (SSSR count). The predicted molar refractivity (Wildman–Crippen MR) is 75.2 cm³/mol. The first-order chi connectivity index (χ1) is 7.17. The molecule has 0 atom stereocenters. The summed E-state index contributed by atoms with van der Waals surface area (Å²) in [7, 11) is 5.75. The minimum Gasteiger partial charge on any atom is -0.327 e. The molecule has 2 heteroatoms. The summed E-state index contributed by atoms with van der Waals surface area (Å²) >= 11 is 0. The molecule has 0 aliphatic carbocycles. The van der Waals surface area contributed by atoms with Crippen LogP contribution in [0.15, 0.2) is 24.3 Å². The molecule has 0 aliphatic rings. The quantitative estimate of drug-likeness (QED) is 0.556. The summed E-state index contributed by atoms with van der Waals surface area (Å²) in [5.41, 5.74) is 3.09. The zero-order valence-corrected chi connectivity index (χ0v) is 12.7. The van der Waals surface area contributed by atoms with Crippen LogP contribution < -0.4 is 0 Å². The van der Waals surface area contributed by atoms with E-state index in [1.165, 1.54) is 11.6 Å². The summed E-state index contributed by atoms with van der Waals surface area (Å²) < 4.78 is 1.00. The van der Waals surface area contributed by atoms with Crippen LogP contribution in [0.25, 0.3) is 0 Å². The lowest BCUT2D eigenvalue weighted by atomic mass is 10.1. The smallest absolute Gasteiger partial charge is 0.104 e. The van der Waals surface area contributed by atoms with Crippen LogP contribution in [0, 0.1) is 0 Å². The van der Waals surface area contributed by atoms with Crippen molar-refractivity contribution in [2.24, 2.45) is 0 Å². The van der Waals surface area contributed by atoms with Gasteiger partial charge in [0.25, 0.3) is 0 Å². The van der Waals surface area contributed by atoms with Crippen LogP contribution in [0.5, 0.6) is 0 Å². The van der Waals surface area contributed by atoms with E-state index in [0.29, 0.717) is 0 Å². The Balaban J connectivity index is 2.92. The lowest BCUT2D eigenvalue weighted by Gasteiger charge is -2.26. The van der Waals surface area contributed by atoms with E-state index in [1.54, 1.807) is 5.56 Å². The van der Waals surface area contributed by atoms with Gasteiger partial charge in [-0.05, 0) is 11.6 Å². The third-order valence-corrected chi connectivity index (χ3v) is 3.93. The monoisotopic (exact) mass is 236 g/mol. The molecular weight excluding hydrogens is 210 g/mol. The third-order valence-electron chi connectivity index (χ3n) is 2.48. The van der Waals surface area contributed by atoms with Crippen molar-refractivity contribution >= 4 is 8.07 Å². The summed E-state index contributed by atoms with van der Waals surface area (Å²) in [6.45, 7) is 8.45. The number of hydrogen-bond acceptors (Lipinski definition) is 0. The Morgan fingerprint density at radius 3 is 1.88 bits per heavy atom. The van der Waals surface area contributed by atoms with E-state index in [4.69, 9.17) is 0 Å². The van der Waals surface area contributed by atoms with E-state index in [0.717, 1.165) is 11.0 Å². The SMILES string of the molecule is C[N+](C)(C)Cc1ccccc1C[Si](C)(C)C. The zero-order valence-electron chi connectivity index (χ0n) is 11.7. The largest absolute Gasteiger partial charge is 0.327 e. The molecule has 1 aromatic rings. The average Bonchev–Trinajstić information content (AvgIpc) is 2.03. The standard InChI is InChI=1S/C14H26NSi/c1-15(2,3)11-13-9-7-8-10-14(13)12-16(4,5)6/h7-10H,11-12H2,1-6H3/q+1. The Morgan fingerprint density at radius 2 is 1.44 bits per heavy atom. The maximum Gasteiger partial charge on any atom is 0.104 e. The Morgan fingerprint density at radius 1 is 0.938 bits per heavy atom. The number of nitrogens with zero attached hydrogens (tertiary/aromatic N) is 1. The molecule has 0 saturated heterocycles. The molecule has 0 spiro atoms. The molecule has 0 bridgehead atoms. The summed E-state index contributed by atoms with van der Waals surface area (Å²) in [5.74, 6) is 0. The maximum atomic E-state index is 2.44. The van der Waals surface area contributed by atoms with E-state index in [2.05, 4.69) is 65.0 Å². The average molecular weight is 236 g/mol. The Bertz CT molecular complexity index is 309. The Hall–Kier alpha value is -0.603. The first-order valence-corrected chi connectivity index (χ1v) is 9.75. The van der Waals surface area contributed by atoms with Crippen LogP contribution >= 0.6 is 0 Å². The fraction of sp³-hybridized carbons (Fsp3) is 0.571. The molecule has 0 radical (unpaired) electrons. The highest BCUT2D eigenvalue weighted by Gasteiger charge is 2.18. The van der Waals surface area contributed by atoms with Crippen molar-refractivity contribution in [1.29, 1.82) is 0 Å². The highest BCUT2D eigenvalue weighted by atomic mass is 28.3. The van der Waals surface area contributed by atoms with Gasteiger partial charge < -0.3 is 4.48 Å². The molecule has 0 N–H and O–H groups in total. The van der Waals surface area contributed by atoms with Gasteiger partial charge in [0.2, 0.25) is 0 Å². The molecule has 0 unspecified atom stereocenters. The van der Waals surface area contributed by atoms with Crippen LogP contribution in [-0.4, -0.2) is 33.7 Å². The van der Waals surface area contributed by atoms with Gasteiger partial charge in [0, 0.05) is 13.6 Å². The molecule has 16 heavy (non-hydrogen) atoms. The molecule has 0 aromatic heterocycles. The highest BCUT2D eigenvalue weighted by molar-refractivity contribution is 6.75. The number of hydrogen-bond donors (Lipinski definition) is 0. The van der Waals surface area contributed by atoms with Crippen molar-refractivity contribution in [1.82, 2.24) is 0 Å². The molecule has 0 aliphatic heterocycles. The van der Waals surface area contributed by atoms with Crippen LogP contribution in [0.4, 0.5) is 0 Å². The second-order valence-corrected chi connectivity index (χ2v) is 12.4. The van der Waals surface area contributed by atoms with Gasteiger partial charge in [0.15, 0.2) is 0 Å². The van der Waals surface area contributed by atoms with Gasteiger partial charge >= 0.3 is 0 Å². The van der Waals surface area contributed by atoms with Gasteiger partial charge in [-0.15, -0.1) is 0 Å². The fourth-order valence-electron chi connectivity index (χ4n) is 1.97. The van der Waals surface area contributed by atoms with E-state index in [9.17, 15) is 0 Å². The molecule has 0 heterocycles. The van der Waals surface area contributed by atoms with Gasteiger partial charge in [0.05, 0.1) is 21.1 Å². The van der Waals surface area contributed by atoms with Gasteiger partial charge in [-0.2, -0.15) is 0 Å². The van der Waals surface area contributed by atoms with Crippen molar-refractivity contribution in [3.8, 4) is 0 Å². The van der Waals surface area contributed by atoms with Gasteiger partial charge in [-0.1, -0.05) is 43.9 Å². The van der Waals surface area contributed by atoms with Gasteiger partial charge in [-0.25, -0.2) is 0 Å². The first kappa shape index (κ1) is 13.5. The summed E-state index contributed by atoms with van der Waals surface area (Å²) in [4.78, 5) is 0. The van der Waals surface area contributed by atoms with E-state index >= 15 is 0 Å². The van der Waals surface area contributed by atoms with Crippen molar-refractivity contribution in [2.75, 3.05) is 21.1 Å². The molecule has 90 valence electrons. The molecule has 0 saturated carbocycles. The normalized spacial score (nSPS) is 12.9. The van der Waals surface area contributed by atoms with Crippen LogP contribution in [-0.2, 0) is 12.6 Å². The lowest BCUT2D eigenvalue weighted by Crippen LogP contribution is -2.34. The van der Waals surface area contributed by atoms with Gasteiger partial charge in [0.1, 0.15) is 6.54 Å². The Kier molecular flexibility index (Phi) is 3.97. The molecule has 1 aromatic carbocycles. The molecule has 0 amide bonds. The minimum absolute atomic E-state index is 1.00. The first-order valence-electron chi connectivity index (χ1n) is 6.05. The summed E-state index contributed by atoms with van der Waals surface area (Å²) in [6, 6.07) is 10.2. The maximum absolute atomic E-state index is 2.44. The second-order valence-electron chi connectivity index (χ2n) is 6.95. The number of benzene rings is 1. The van der Waals surface area contributed by atoms with E-state index in [-0.39, 0.29) is 0 Å². The summed E-state index contributed by atoms with van der Waals surface area (Å²) in [6.07, 6.45) is 0. The van der Waals surface area contributed by atoms with Crippen molar-refractivity contribution in [3.63, 3.8) is 0 Å². The predicted octanol–water partition coefficient (Wildman–Crippen LogP) is 3.31. The highest BCUT2D eigenvalue weighted by Crippen LogP contribution is 2.18. The minimum atomic E-state index is -1.01. The fourth-order valence-corrected chi connectivity index (χ4v) is 3.45. The molecule has 1 nitrogen and oxygen atoms in total. The zero-order chi connectivity index (χ0) is 12.4. The van der Waals surface area contributed by atoms with Crippen LogP contribution in [0.1, 0.15) is 11.1 Å². The molecule has 0 fully saturated rings. The van der Waals surface area contributed by atoms with Crippen molar-refractivity contribution < 1.29 is 4.48 Å². The lowest BCUT2D eigenvalue weighted by molar-refractivity contribution is -0.884.